The Bertz CT molecular complexity index is 700. The van der Waals surface area contributed by atoms with Crippen LogP contribution in [0.25, 0.3) is 0 Å². The van der Waals surface area contributed by atoms with Crippen LogP contribution >= 0.6 is 0 Å². The highest BCUT2D eigenvalue weighted by molar-refractivity contribution is 5.76. The van der Waals surface area contributed by atoms with E-state index >= 15 is 0 Å². The Balaban J connectivity index is 1.48. The van der Waals surface area contributed by atoms with Crippen LogP contribution in [0.3, 0.4) is 0 Å². The Morgan fingerprint density at radius 1 is 1.25 bits per heavy atom. The number of aryl methyl sites for hydroxylation is 3. The number of carbonyl (C=O) groups is 1. The summed E-state index contributed by atoms with van der Waals surface area (Å²) in [6.45, 7) is 5.33. The Kier molecular flexibility index (Phi) is 5.08. The number of nitrogens with zero attached hydrogens (tertiary/aromatic N) is 3. The molecule has 1 atom stereocenters. The van der Waals surface area contributed by atoms with E-state index in [9.17, 15) is 4.79 Å². The molecule has 1 saturated heterocycles. The monoisotopic (exact) mass is 325 g/mol. The predicted octanol–water partition coefficient (Wildman–Crippen LogP) is 2.71. The molecule has 2 aromatic rings. The molecule has 2 heterocycles. The molecule has 126 valence electrons. The number of hydrogen-bond acceptors (Lipinski definition) is 4. The maximum Gasteiger partial charge on any atom is 0.233 e. The first-order chi connectivity index (χ1) is 11.6. The Labute approximate surface area is 142 Å². The second kappa shape index (κ2) is 7.43. The van der Waals surface area contributed by atoms with E-state index in [1.807, 2.05) is 30.0 Å². The van der Waals surface area contributed by atoms with E-state index < -0.39 is 0 Å². The molecule has 1 aliphatic heterocycles. The molecule has 5 nitrogen and oxygen atoms in total. The molecule has 0 radical (unpaired) electrons. The summed E-state index contributed by atoms with van der Waals surface area (Å²) in [6.07, 6.45) is 2.17. The quantitative estimate of drug-likeness (QED) is 0.848. The number of hydrogen-bond donors (Lipinski definition) is 0. The van der Waals surface area contributed by atoms with Gasteiger partial charge in [-0.3, -0.25) is 4.79 Å². The summed E-state index contributed by atoms with van der Waals surface area (Å²) in [5, 5.41) is 8.01. The van der Waals surface area contributed by atoms with Gasteiger partial charge in [-0.15, -0.1) is 5.10 Å². The summed E-state index contributed by atoms with van der Waals surface area (Å²) >= 11 is 0. The van der Waals surface area contributed by atoms with E-state index in [1.54, 1.807) is 0 Å². The van der Waals surface area contributed by atoms with Crippen LogP contribution < -0.4 is 4.74 Å². The molecule has 24 heavy (non-hydrogen) atoms. The van der Waals surface area contributed by atoms with Crippen molar-refractivity contribution in [2.45, 2.75) is 39.2 Å². The van der Waals surface area contributed by atoms with E-state index in [1.165, 1.54) is 11.1 Å². The van der Waals surface area contributed by atoms with Crippen molar-refractivity contribution in [1.82, 2.24) is 15.1 Å². The number of benzene rings is 1. The van der Waals surface area contributed by atoms with Gasteiger partial charge in [0.1, 0.15) is 6.10 Å². The van der Waals surface area contributed by atoms with Gasteiger partial charge in [0.25, 0.3) is 0 Å². The maximum atomic E-state index is 12.4. The zero-order valence-electron chi connectivity index (χ0n) is 14.2. The van der Waals surface area contributed by atoms with Gasteiger partial charge in [0.15, 0.2) is 0 Å². The van der Waals surface area contributed by atoms with Crippen LogP contribution in [0.4, 0.5) is 0 Å². The lowest BCUT2D eigenvalue weighted by atomic mass is 10.1. The predicted molar refractivity (Wildman–Crippen MR) is 91.9 cm³/mol. The second-order valence-electron chi connectivity index (χ2n) is 6.37. The van der Waals surface area contributed by atoms with Crippen molar-refractivity contribution in [3.63, 3.8) is 0 Å². The van der Waals surface area contributed by atoms with Crippen LogP contribution in [0.15, 0.2) is 36.4 Å². The van der Waals surface area contributed by atoms with Crippen molar-refractivity contribution in [3.05, 3.63) is 53.2 Å². The third-order valence-corrected chi connectivity index (χ3v) is 4.27. The van der Waals surface area contributed by atoms with E-state index in [4.69, 9.17) is 4.74 Å². The van der Waals surface area contributed by atoms with Gasteiger partial charge in [-0.1, -0.05) is 29.8 Å². The average Bonchev–Trinajstić information content (AvgIpc) is 3.03. The largest absolute Gasteiger partial charge is 0.471 e. The Morgan fingerprint density at radius 2 is 2.12 bits per heavy atom. The highest BCUT2D eigenvalue weighted by Crippen LogP contribution is 2.17. The fourth-order valence-corrected chi connectivity index (χ4v) is 2.95. The molecule has 1 aliphatic rings. The molecule has 1 amide bonds. The van der Waals surface area contributed by atoms with Crippen LogP contribution in [0.2, 0.25) is 0 Å². The molecule has 0 unspecified atom stereocenters. The standard InChI is InChI=1S/C19H23N3O2/c1-14-4-3-5-16(12-14)7-9-19(23)22-11-10-17(13-22)24-18-8-6-15(2)20-21-18/h3-6,8,12,17H,7,9-11,13H2,1-2H3/t17-/m0/s1. The van der Waals surface area contributed by atoms with Crippen molar-refractivity contribution in [2.24, 2.45) is 0 Å². The van der Waals surface area contributed by atoms with Crippen LogP contribution in [-0.2, 0) is 11.2 Å². The van der Waals surface area contributed by atoms with E-state index in [2.05, 4.69) is 35.3 Å². The lowest BCUT2D eigenvalue weighted by molar-refractivity contribution is -0.130. The first-order valence-electron chi connectivity index (χ1n) is 8.40. The minimum atomic E-state index is 0.00456. The lowest BCUT2D eigenvalue weighted by Gasteiger charge is -2.17. The van der Waals surface area contributed by atoms with Crippen molar-refractivity contribution in [3.8, 4) is 5.88 Å². The molecule has 0 spiro atoms. The summed E-state index contributed by atoms with van der Waals surface area (Å²) in [4.78, 5) is 14.3. The highest BCUT2D eigenvalue weighted by atomic mass is 16.5. The number of carbonyl (C=O) groups excluding carboxylic acids is 1. The highest BCUT2D eigenvalue weighted by Gasteiger charge is 2.27. The second-order valence-corrected chi connectivity index (χ2v) is 6.37. The lowest BCUT2D eigenvalue weighted by Crippen LogP contribution is -2.31. The molecule has 0 N–H and O–H groups in total. The van der Waals surface area contributed by atoms with Crippen LogP contribution in [0.1, 0.15) is 29.7 Å². The molecule has 5 heteroatoms. The summed E-state index contributed by atoms with van der Waals surface area (Å²) in [5.41, 5.74) is 3.31. The third-order valence-electron chi connectivity index (χ3n) is 4.27. The first kappa shape index (κ1) is 16.4. The molecule has 0 saturated carbocycles. The molecule has 3 rings (SSSR count). The van der Waals surface area contributed by atoms with Crippen molar-refractivity contribution >= 4 is 5.91 Å². The zero-order chi connectivity index (χ0) is 16.9. The van der Waals surface area contributed by atoms with Crippen LogP contribution in [-0.4, -0.2) is 40.2 Å². The minimum absolute atomic E-state index is 0.00456. The Hall–Kier alpha value is -2.43. The van der Waals surface area contributed by atoms with Gasteiger partial charge in [-0.05, 0) is 31.9 Å². The summed E-state index contributed by atoms with van der Waals surface area (Å²) in [7, 11) is 0. The third kappa shape index (κ3) is 4.31. The van der Waals surface area contributed by atoms with Gasteiger partial charge in [-0.2, -0.15) is 5.10 Å². The van der Waals surface area contributed by atoms with Crippen LogP contribution in [0.5, 0.6) is 5.88 Å². The summed E-state index contributed by atoms with van der Waals surface area (Å²) < 4.78 is 5.82. The molecule has 0 aliphatic carbocycles. The minimum Gasteiger partial charge on any atom is -0.471 e. The topological polar surface area (TPSA) is 55.3 Å². The average molecular weight is 325 g/mol. The number of rotatable bonds is 5. The van der Waals surface area contributed by atoms with E-state index in [0.29, 0.717) is 18.8 Å². The maximum absolute atomic E-state index is 12.4. The van der Waals surface area contributed by atoms with Gasteiger partial charge in [0.2, 0.25) is 11.8 Å². The molecule has 1 aromatic carbocycles. The molecule has 0 bridgehead atoms. The molecule has 1 aromatic heterocycles. The number of likely N-dealkylation sites (tertiary alicyclic amines) is 1. The molecular formula is C19H23N3O2. The first-order valence-corrected chi connectivity index (χ1v) is 8.40. The van der Waals surface area contributed by atoms with Crippen molar-refractivity contribution in [2.75, 3.05) is 13.1 Å². The van der Waals surface area contributed by atoms with Crippen molar-refractivity contribution in [1.29, 1.82) is 0 Å². The normalized spacial score (nSPS) is 17.1. The summed E-state index contributed by atoms with van der Waals surface area (Å²) in [6, 6.07) is 12.0. The zero-order valence-corrected chi connectivity index (χ0v) is 14.2. The number of amides is 1. The fourth-order valence-electron chi connectivity index (χ4n) is 2.95. The van der Waals surface area contributed by atoms with Gasteiger partial charge in [0, 0.05) is 25.5 Å². The van der Waals surface area contributed by atoms with Gasteiger partial charge in [0.05, 0.1) is 12.2 Å². The van der Waals surface area contributed by atoms with Crippen molar-refractivity contribution < 1.29 is 9.53 Å². The van der Waals surface area contributed by atoms with Gasteiger partial charge >= 0.3 is 0 Å². The van der Waals surface area contributed by atoms with E-state index in [0.717, 1.165) is 25.1 Å². The van der Waals surface area contributed by atoms with Crippen LogP contribution in [0, 0.1) is 13.8 Å². The van der Waals surface area contributed by atoms with Gasteiger partial charge in [-0.25, -0.2) is 0 Å². The Morgan fingerprint density at radius 3 is 2.88 bits per heavy atom. The molecule has 1 fully saturated rings. The SMILES string of the molecule is Cc1cccc(CCC(=O)N2CC[C@H](Oc3ccc(C)nn3)C2)c1. The fraction of sp³-hybridized carbons (Fsp3) is 0.421. The smallest absolute Gasteiger partial charge is 0.233 e. The van der Waals surface area contributed by atoms with Gasteiger partial charge < -0.3 is 9.64 Å². The van der Waals surface area contributed by atoms with E-state index in [-0.39, 0.29) is 12.0 Å². The summed E-state index contributed by atoms with van der Waals surface area (Å²) in [5.74, 6) is 0.720. The molecular weight excluding hydrogens is 302 g/mol. The number of ether oxygens (including phenoxy) is 1. The number of aromatic nitrogens is 2.